The Bertz CT molecular complexity index is 714. The highest BCUT2D eigenvalue weighted by Crippen LogP contribution is 2.22. The van der Waals surface area contributed by atoms with E-state index in [1.54, 1.807) is 0 Å². The van der Waals surface area contributed by atoms with Gasteiger partial charge in [0, 0.05) is 44.0 Å². The summed E-state index contributed by atoms with van der Waals surface area (Å²) >= 11 is 0. The van der Waals surface area contributed by atoms with E-state index in [-0.39, 0.29) is 6.03 Å². The molecule has 1 aromatic heterocycles. The van der Waals surface area contributed by atoms with Gasteiger partial charge in [-0.3, -0.25) is 0 Å². The third kappa shape index (κ3) is 6.34. The maximum Gasteiger partial charge on any atom is 0.490 e. The van der Waals surface area contributed by atoms with Gasteiger partial charge in [0.05, 0.1) is 6.54 Å². The third-order valence-corrected chi connectivity index (χ3v) is 5.22. The number of carboxylic acids is 1. The number of amides is 2. The Balaban J connectivity index is 0.000000298. The molecule has 11 heteroatoms. The van der Waals surface area contributed by atoms with Gasteiger partial charge in [-0.2, -0.15) is 13.2 Å². The molecular formula is C18H26F3N5O3. The molecule has 0 bridgehead atoms. The fourth-order valence-corrected chi connectivity index (χ4v) is 3.63. The highest BCUT2D eigenvalue weighted by Gasteiger charge is 2.38. The summed E-state index contributed by atoms with van der Waals surface area (Å²) in [6.45, 7) is 5.94. The second kappa shape index (κ2) is 9.02. The number of halogens is 3. The summed E-state index contributed by atoms with van der Waals surface area (Å²) < 4.78 is 34.0. The molecule has 1 aromatic rings. The number of carbonyl (C=O) groups excluding carboxylic acids is 1. The van der Waals surface area contributed by atoms with Gasteiger partial charge >= 0.3 is 18.2 Å². The van der Waals surface area contributed by atoms with Gasteiger partial charge in [0.1, 0.15) is 5.82 Å². The van der Waals surface area contributed by atoms with Crippen LogP contribution < -0.4 is 5.32 Å². The summed E-state index contributed by atoms with van der Waals surface area (Å²) in [6.07, 6.45) is 3.71. The Kier molecular flexibility index (Phi) is 6.66. The third-order valence-electron chi connectivity index (χ3n) is 5.22. The number of carboxylic acid groups (broad SMARTS) is 1. The summed E-state index contributed by atoms with van der Waals surface area (Å²) in [4.78, 5) is 30.3. The van der Waals surface area contributed by atoms with Crippen molar-refractivity contribution >= 4 is 12.0 Å². The maximum atomic E-state index is 12.5. The van der Waals surface area contributed by atoms with E-state index in [1.165, 1.54) is 25.9 Å². The smallest absolute Gasteiger partial charge is 0.475 e. The number of fused-ring (bicyclic) bond motifs is 1. The molecule has 0 radical (unpaired) electrons. The zero-order chi connectivity index (χ0) is 21.0. The summed E-state index contributed by atoms with van der Waals surface area (Å²) in [5.41, 5.74) is 0. The Morgan fingerprint density at radius 1 is 1.21 bits per heavy atom. The number of rotatable bonds is 3. The van der Waals surface area contributed by atoms with Crippen LogP contribution in [0.15, 0.2) is 12.4 Å². The first-order valence-electron chi connectivity index (χ1n) is 9.80. The number of carbonyl (C=O) groups is 2. The van der Waals surface area contributed by atoms with E-state index in [1.807, 2.05) is 11.1 Å². The standard InChI is InChI=1S/C16H25N5O.C2HF3O2/c22-16(18-14-3-4-14)21-11-13(9-19-6-1-2-7-19)10-20-8-5-17-15(20)12-21;3-2(4,5)1(6)7/h5,8,13-14H,1-4,6-7,9-12H2,(H,18,22);(H,6,7). The molecule has 2 N–H and O–H groups in total. The first kappa shape index (κ1) is 21.4. The van der Waals surface area contributed by atoms with Crippen LogP contribution in [0.2, 0.25) is 0 Å². The molecule has 2 aliphatic heterocycles. The quantitative estimate of drug-likeness (QED) is 0.784. The summed E-state index contributed by atoms with van der Waals surface area (Å²) in [7, 11) is 0. The molecule has 3 heterocycles. The van der Waals surface area contributed by atoms with E-state index in [4.69, 9.17) is 9.90 Å². The minimum atomic E-state index is -5.08. The number of urea groups is 1. The minimum absolute atomic E-state index is 0.0883. The topological polar surface area (TPSA) is 90.7 Å². The molecule has 1 unspecified atom stereocenters. The summed E-state index contributed by atoms with van der Waals surface area (Å²) in [6, 6.07) is 0.498. The van der Waals surface area contributed by atoms with Gasteiger partial charge in [-0.15, -0.1) is 0 Å². The lowest BCUT2D eigenvalue weighted by molar-refractivity contribution is -0.192. The highest BCUT2D eigenvalue weighted by atomic mass is 19.4. The van der Waals surface area contributed by atoms with Crippen LogP contribution in [0.1, 0.15) is 31.5 Å². The highest BCUT2D eigenvalue weighted by molar-refractivity contribution is 5.75. The van der Waals surface area contributed by atoms with Gasteiger partial charge in [-0.25, -0.2) is 14.6 Å². The molecule has 1 saturated heterocycles. The lowest BCUT2D eigenvalue weighted by Gasteiger charge is -2.27. The molecule has 1 saturated carbocycles. The number of nitrogens with zero attached hydrogens (tertiary/aromatic N) is 4. The van der Waals surface area contributed by atoms with Crippen LogP contribution >= 0.6 is 0 Å². The number of hydrogen-bond acceptors (Lipinski definition) is 4. The van der Waals surface area contributed by atoms with Gasteiger partial charge in [-0.05, 0) is 38.8 Å². The largest absolute Gasteiger partial charge is 0.490 e. The van der Waals surface area contributed by atoms with Gasteiger partial charge in [-0.1, -0.05) is 0 Å². The predicted octanol–water partition coefficient (Wildman–Crippen LogP) is 1.92. The van der Waals surface area contributed by atoms with Gasteiger partial charge in [0.25, 0.3) is 0 Å². The second-order valence-electron chi connectivity index (χ2n) is 7.78. The molecule has 29 heavy (non-hydrogen) atoms. The van der Waals surface area contributed by atoms with E-state index in [9.17, 15) is 18.0 Å². The molecule has 1 atom stereocenters. The lowest BCUT2D eigenvalue weighted by Crippen LogP contribution is -2.44. The first-order chi connectivity index (χ1) is 13.7. The van der Waals surface area contributed by atoms with Crippen LogP contribution in [0.5, 0.6) is 0 Å². The van der Waals surface area contributed by atoms with Gasteiger partial charge in [0.2, 0.25) is 0 Å². The van der Waals surface area contributed by atoms with Crippen molar-refractivity contribution < 1.29 is 27.9 Å². The molecule has 0 spiro atoms. The monoisotopic (exact) mass is 417 g/mol. The SMILES string of the molecule is O=C(NC1CC1)N1Cc2nccn2CC(CN2CCCC2)C1.O=C(O)C(F)(F)F. The normalized spacial score (nSPS) is 22.3. The number of likely N-dealkylation sites (tertiary alicyclic amines) is 1. The molecule has 4 rings (SSSR count). The molecular weight excluding hydrogens is 391 g/mol. The lowest BCUT2D eigenvalue weighted by atomic mass is 10.1. The van der Waals surface area contributed by atoms with Crippen molar-refractivity contribution in [1.82, 2.24) is 24.7 Å². The number of alkyl halides is 3. The van der Waals surface area contributed by atoms with Crippen molar-refractivity contribution in [2.45, 2.75) is 51.0 Å². The zero-order valence-corrected chi connectivity index (χ0v) is 16.1. The fraction of sp³-hybridized carbons (Fsp3) is 0.722. The van der Waals surface area contributed by atoms with Crippen LogP contribution in [-0.4, -0.2) is 74.9 Å². The maximum absolute atomic E-state index is 12.5. The molecule has 3 aliphatic rings. The van der Waals surface area contributed by atoms with Crippen molar-refractivity contribution in [2.24, 2.45) is 5.92 Å². The van der Waals surface area contributed by atoms with Gasteiger partial charge < -0.3 is 24.8 Å². The van der Waals surface area contributed by atoms with Crippen LogP contribution in [0.25, 0.3) is 0 Å². The summed E-state index contributed by atoms with van der Waals surface area (Å²) in [5, 5.41) is 10.2. The Morgan fingerprint density at radius 3 is 2.45 bits per heavy atom. The van der Waals surface area contributed by atoms with Crippen molar-refractivity contribution in [3.63, 3.8) is 0 Å². The molecule has 0 aromatic carbocycles. The Hall–Kier alpha value is -2.30. The van der Waals surface area contributed by atoms with Gasteiger partial charge in [0.15, 0.2) is 0 Å². The van der Waals surface area contributed by atoms with Crippen molar-refractivity contribution in [3.05, 3.63) is 18.2 Å². The number of hydrogen-bond donors (Lipinski definition) is 2. The van der Waals surface area contributed by atoms with E-state index in [2.05, 4.69) is 26.0 Å². The molecule has 2 fully saturated rings. The van der Waals surface area contributed by atoms with E-state index in [0.29, 0.717) is 18.5 Å². The average molecular weight is 417 g/mol. The average Bonchev–Trinajstić information content (AvgIpc) is 3.17. The van der Waals surface area contributed by atoms with E-state index < -0.39 is 12.1 Å². The number of imidazole rings is 1. The van der Waals surface area contributed by atoms with Crippen LogP contribution in [0.4, 0.5) is 18.0 Å². The first-order valence-corrected chi connectivity index (χ1v) is 9.80. The van der Waals surface area contributed by atoms with Crippen molar-refractivity contribution in [1.29, 1.82) is 0 Å². The van der Waals surface area contributed by atoms with E-state index in [0.717, 1.165) is 38.3 Å². The molecule has 2 amide bonds. The molecule has 8 nitrogen and oxygen atoms in total. The zero-order valence-electron chi connectivity index (χ0n) is 16.1. The summed E-state index contributed by atoms with van der Waals surface area (Å²) in [5.74, 6) is -1.26. The number of nitrogens with one attached hydrogen (secondary N) is 1. The van der Waals surface area contributed by atoms with Crippen LogP contribution in [0, 0.1) is 5.92 Å². The number of aromatic nitrogens is 2. The molecule has 1 aliphatic carbocycles. The second-order valence-corrected chi connectivity index (χ2v) is 7.78. The molecule has 162 valence electrons. The minimum Gasteiger partial charge on any atom is -0.475 e. The van der Waals surface area contributed by atoms with Crippen molar-refractivity contribution in [3.8, 4) is 0 Å². The van der Waals surface area contributed by atoms with Crippen LogP contribution in [-0.2, 0) is 17.9 Å². The Morgan fingerprint density at radius 2 is 1.86 bits per heavy atom. The van der Waals surface area contributed by atoms with Crippen LogP contribution in [0.3, 0.4) is 0 Å². The number of aliphatic carboxylic acids is 1. The van der Waals surface area contributed by atoms with Crippen molar-refractivity contribution in [2.75, 3.05) is 26.2 Å². The predicted molar refractivity (Wildman–Crippen MR) is 97.0 cm³/mol. The fourth-order valence-electron chi connectivity index (χ4n) is 3.63. The Labute approximate surface area is 166 Å². The van der Waals surface area contributed by atoms with E-state index >= 15 is 0 Å².